The number of nitrogens with two attached hydrogens (primary N) is 2. The van der Waals surface area contributed by atoms with Crippen LogP contribution < -0.4 is 11.5 Å². The van der Waals surface area contributed by atoms with Gasteiger partial charge in [-0.3, -0.25) is 4.99 Å². The van der Waals surface area contributed by atoms with Crippen LogP contribution in [0.5, 0.6) is 0 Å². The number of amidine groups is 1. The van der Waals surface area contributed by atoms with Crippen molar-refractivity contribution in [2.45, 2.75) is 38.3 Å². The first-order valence-electron chi connectivity index (χ1n) is 6.30. The second-order valence-corrected chi connectivity index (χ2v) is 5.62. The van der Waals surface area contributed by atoms with Gasteiger partial charge in [-0.1, -0.05) is 0 Å². The second kappa shape index (κ2) is 4.49. The predicted octanol–water partition coefficient (Wildman–Crippen LogP) is 2.18. The minimum Gasteiger partial charge on any atom is -0.399 e. The number of benzene rings is 1. The molecule has 5 heteroatoms. The van der Waals surface area contributed by atoms with E-state index in [-0.39, 0.29) is 5.82 Å². The maximum atomic E-state index is 14.0. The lowest BCUT2D eigenvalue weighted by Crippen LogP contribution is -2.40. The Morgan fingerprint density at radius 2 is 1.95 bits per heavy atom. The lowest BCUT2D eigenvalue weighted by Gasteiger charge is -2.25. The summed E-state index contributed by atoms with van der Waals surface area (Å²) < 4.78 is 19.7. The van der Waals surface area contributed by atoms with Crippen molar-refractivity contribution in [1.29, 1.82) is 0 Å². The van der Waals surface area contributed by atoms with Gasteiger partial charge in [-0.15, -0.1) is 0 Å². The summed E-state index contributed by atoms with van der Waals surface area (Å²) in [6, 6.07) is 4.51. The fourth-order valence-electron chi connectivity index (χ4n) is 2.19. The Hall–Kier alpha value is -1.62. The third-order valence-electron chi connectivity index (χ3n) is 3.61. The number of nitrogens with zero attached hydrogens (tertiary/aromatic N) is 1. The molecule has 4 nitrogen and oxygen atoms in total. The Morgan fingerprint density at radius 1 is 1.26 bits per heavy atom. The highest BCUT2D eigenvalue weighted by Crippen LogP contribution is 2.35. The molecule has 1 unspecified atom stereocenters. The minimum atomic E-state index is -0.753. The molecule has 0 radical (unpaired) electrons. The third kappa shape index (κ3) is 2.56. The van der Waals surface area contributed by atoms with Crippen LogP contribution >= 0.6 is 0 Å². The topological polar surface area (TPSA) is 73.6 Å². The summed E-state index contributed by atoms with van der Waals surface area (Å²) in [7, 11) is 0. The van der Waals surface area contributed by atoms with Crippen molar-refractivity contribution < 1.29 is 9.13 Å². The zero-order valence-corrected chi connectivity index (χ0v) is 11.5. The number of hydrogen-bond acceptors (Lipinski definition) is 4. The van der Waals surface area contributed by atoms with Gasteiger partial charge in [0.1, 0.15) is 17.3 Å². The van der Waals surface area contributed by atoms with E-state index in [9.17, 15) is 4.39 Å². The van der Waals surface area contributed by atoms with E-state index >= 15 is 0 Å². The van der Waals surface area contributed by atoms with Crippen LogP contribution in [0.1, 0.15) is 32.8 Å². The maximum Gasteiger partial charge on any atom is 0.128 e. The van der Waals surface area contributed by atoms with Crippen LogP contribution in [0.2, 0.25) is 0 Å². The van der Waals surface area contributed by atoms with Gasteiger partial charge in [0, 0.05) is 17.7 Å². The number of ether oxygens (including phenoxy) is 1. The standard InChI is InChI=1S/C14H20FN3O/c1-13(2)12(17)18-14(3,6-7-19-13)10-8-9(16)4-5-11(10)15/h4-5,8H,6-7,16H2,1-3H3,(H2,17,18). The van der Waals surface area contributed by atoms with Gasteiger partial charge in [-0.2, -0.15) is 0 Å². The Balaban J connectivity index is 2.53. The third-order valence-corrected chi connectivity index (χ3v) is 3.61. The number of hydrogen-bond donors (Lipinski definition) is 2. The Kier molecular flexibility index (Phi) is 3.26. The van der Waals surface area contributed by atoms with Crippen molar-refractivity contribution in [2.24, 2.45) is 10.7 Å². The van der Waals surface area contributed by atoms with Gasteiger partial charge in [0.15, 0.2) is 0 Å². The molecule has 0 bridgehead atoms. The van der Waals surface area contributed by atoms with E-state index in [1.807, 2.05) is 20.8 Å². The van der Waals surface area contributed by atoms with Crippen LogP contribution in [-0.2, 0) is 10.3 Å². The molecule has 4 N–H and O–H groups in total. The second-order valence-electron chi connectivity index (χ2n) is 5.62. The summed E-state index contributed by atoms with van der Waals surface area (Å²) in [4.78, 5) is 4.51. The molecule has 1 aromatic carbocycles. The van der Waals surface area contributed by atoms with Gasteiger partial charge in [0.25, 0.3) is 0 Å². The molecule has 1 aliphatic rings. The molecule has 1 aliphatic heterocycles. The summed E-state index contributed by atoms with van der Waals surface area (Å²) in [5.74, 6) is 0.0438. The van der Waals surface area contributed by atoms with E-state index in [0.717, 1.165) is 0 Å². The average Bonchev–Trinajstić information content (AvgIpc) is 2.41. The van der Waals surface area contributed by atoms with Crippen molar-refractivity contribution in [3.63, 3.8) is 0 Å². The maximum absolute atomic E-state index is 14.0. The SMILES string of the molecule is CC1(C)OCCC(C)(c2cc(N)ccc2F)N=C1N. The molecule has 2 rings (SSSR count). The van der Waals surface area contributed by atoms with E-state index in [1.54, 1.807) is 6.07 Å². The van der Waals surface area contributed by atoms with Gasteiger partial charge < -0.3 is 16.2 Å². The summed E-state index contributed by atoms with van der Waals surface area (Å²) in [5, 5.41) is 0. The fraction of sp³-hybridized carbons (Fsp3) is 0.500. The molecular weight excluding hydrogens is 245 g/mol. The highest BCUT2D eigenvalue weighted by molar-refractivity contribution is 5.88. The Morgan fingerprint density at radius 3 is 2.63 bits per heavy atom. The van der Waals surface area contributed by atoms with Gasteiger partial charge in [0.2, 0.25) is 0 Å². The first-order valence-corrected chi connectivity index (χ1v) is 6.30. The number of halogens is 1. The van der Waals surface area contributed by atoms with E-state index in [1.165, 1.54) is 12.1 Å². The smallest absolute Gasteiger partial charge is 0.128 e. The van der Waals surface area contributed by atoms with Crippen molar-refractivity contribution in [3.8, 4) is 0 Å². The summed E-state index contributed by atoms with van der Waals surface area (Å²) in [6.45, 7) is 6.02. The Bertz CT molecular complexity index is 527. The molecule has 1 atom stereocenters. The summed E-state index contributed by atoms with van der Waals surface area (Å²) >= 11 is 0. The van der Waals surface area contributed by atoms with Gasteiger partial charge >= 0.3 is 0 Å². The van der Waals surface area contributed by atoms with Crippen LogP contribution in [0.25, 0.3) is 0 Å². The van der Waals surface area contributed by atoms with Crippen molar-refractivity contribution >= 4 is 11.5 Å². The molecule has 0 amide bonds. The van der Waals surface area contributed by atoms with Gasteiger partial charge in [0.05, 0.1) is 12.1 Å². The quantitative estimate of drug-likeness (QED) is 0.764. The first kappa shape index (κ1) is 13.8. The van der Waals surface area contributed by atoms with Crippen LogP contribution in [0, 0.1) is 5.82 Å². The Labute approximate surface area is 112 Å². The van der Waals surface area contributed by atoms with E-state index in [2.05, 4.69) is 4.99 Å². The predicted molar refractivity (Wildman–Crippen MR) is 74.4 cm³/mol. The molecule has 0 saturated heterocycles. The molecule has 0 aliphatic carbocycles. The van der Waals surface area contributed by atoms with E-state index < -0.39 is 11.1 Å². The highest BCUT2D eigenvalue weighted by atomic mass is 19.1. The number of nitrogen functional groups attached to an aromatic ring is 1. The van der Waals surface area contributed by atoms with Gasteiger partial charge in [-0.05, 0) is 39.0 Å². The fourth-order valence-corrected chi connectivity index (χ4v) is 2.19. The molecule has 104 valence electrons. The van der Waals surface area contributed by atoms with E-state index in [4.69, 9.17) is 16.2 Å². The molecule has 0 aromatic heterocycles. The zero-order valence-electron chi connectivity index (χ0n) is 11.5. The average molecular weight is 265 g/mol. The van der Waals surface area contributed by atoms with Crippen LogP contribution in [0.3, 0.4) is 0 Å². The first-order chi connectivity index (χ1) is 8.74. The highest BCUT2D eigenvalue weighted by Gasteiger charge is 2.36. The van der Waals surface area contributed by atoms with Crippen molar-refractivity contribution in [2.75, 3.05) is 12.3 Å². The summed E-state index contributed by atoms with van der Waals surface area (Å²) in [6.07, 6.45) is 0.553. The monoisotopic (exact) mass is 265 g/mol. The van der Waals surface area contributed by atoms with Crippen LogP contribution in [0.4, 0.5) is 10.1 Å². The van der Waals surface area contributed by atoms with Crippen LogP contribution in [0.15, 0.2) is 23.2 Å². The molecule has 0 fully saturated rings. The van der Waals surface area contributed by atoms with E-state index in [0.29, 0.717) is 30.1 Å². The van der Waals surface area contributed by atoms with Crippen molar-refractivity contribution in [1.82, 2.24) is 0 Å². The molecule has 1 heterocycles. The van der Waals surface area contributed by atoms with Gasteiger partial charge in [-0.25, -0.2) is 4.39 Å². The lowest BCUT2D eigenvalue weighted by atomic mass is 9.88. The number of aliphatic imine (C=N–C) groups is 1. The zero-order chi connectivity index (χ0) is 14.3. The molecule has 1 aromatic rings. The molecule has 19 heavy (non-hydrogen) atoms. The minimum absolute atomic E-state index is 0.326. The molecular formula is C14H20FN3O. The molecule has 0 spiro atoms. The summed E-state index contributed by atoms with van der Waals surface area (Å²) in [5.41, 5.74) is 11.3. The number of anilines is 1. The van der Waals surface area contributed by atoms with Crippen LogP contribution in [-0.4, -0.2) is 18.0 Å². The number of rotatable bonds is 1. The largest absolute Gasteiger partial charge is 0.399 e. The lowest BCUT2D eigenvalue weighted by molar-refractivity contribution is 0.0319. The van der Waals surface area contributed by atoms with Crippen molar-refractivity contribution in [3.05, 3.63) is 29.6 Å². The normalized spacial score (nSPS) is 26.6. The molecule has 0 saturated carbocycles.